The van der Waals surface area contributed by atoms with Crippen molar-refractivity contribution in [2.24, 2.45) is 14.1 Å². The van der Waals surface area contributed by atoms with Crippen molar-refractivity contribution < 1.29 is 30.1 Å². The van der Waals surface area contributed by atoms with Crippen molar-refractivity contribution in [2.75, 3.05) is 0 Å². The average molecular weight is 279 g/mol. The second-order valence-electron chi connectivity index (χ2n) is 4.36. The van der Waals surface area contributed by atoms with E-state index in [1.54, 1.807) is 12.1 Å². The largest absolute Gasteiger partial charge is 1.00 e. The van der Waals surface area contributed by atoms with Crippen LogP contribution in [0.5, 0.6) is 0 Å². The summed E-state index contributed by atoms with van der Waals surface area (Å²) in [5.74, 6) is -0.641. The van der Waals surface area contributed by atoms with Gasteiger partial charge in [0.05, 0.1) is 14.1 Å². The lowest BCUT2D eigenvalue weighted by Crippen LogP contribution is -3.00. The van der Waals surface area contributed by atoms with E-state index in [-0.39, 0.29) is 12.4 Å². The Balaban J connectivity index is 0.00000162. The summed E-state index contributed by atoms with van der Waals surface area (Å²) in [7, 11) is 2.89. The molecule has 0 aliphatic heterocycles. The maximum Gasteiger partial charge on any atom is 0.495 e. The van der Waals surface area contributed by atoms with Crippen LogP contribution in [0.3, 0.4) is 0 Å². The van der Waals surface area contributed by atoms with Crippen molar-refractivity contribution in [1.29, 1.82) is 0 Å². The zero-order valence-electron chi connectivity index (χ0n) is 10.6. The smallest absolute Gasteiger partial charge is 0.495 e. The van der Waals surface area contributed by atoms with Crippen molar-refractivity contribution in [3.8, 4) is 0 Å². The number of halogens is 4. The molecule has 0 N–H and O–H groups in total. The molecule has 1 aromatic heterocycles. The van der Waals surface area contributed by atoms with Crippen LogP contribution in [0.15, 0.2) is 12.1 Å². The van der Waals surface area contributed by atoms with Crippen LogP contribution < -0.4 is 17.0 Å². The normalized spacial score (nSPS) is 11.7. The molecule has 0 saturated heterocycles. The Labute approximate surface area is 109 Å². The Morgan fingerprint density at radius 2 is 1.61 bits per heavy atom. The molecule has 1 aromatic carbocycles. The number of imidazole rings is 1. The van der Waals surface area contributed by atoms with Gasteiger partial charge in [0, 0.05) is 0 Å². The maximum absolute atomic E-state index is 12.9. The summed E-state index contributed by atoms with van der Waals surface area (Å²) in [6.07, 6.45) is -4.34. The minimum Gasteiger partial charge on any atom is -1.00 e. The number of nitrogens with zero attached hydrogens (tertiary/aromatic N) is 2. The van der Waals surface area contributed by atoms with Crippen LogP contribution in [-0.2, 0) is 20.3 Å². The number of fused-ring (bicyclic) bond motifs is 1. The monoisotopic (exact) mass is 278 g/mol. The summed E-state index contributed by atoms with van der Waals surface area (Å²) in [5, 5.41) is 0. The summed E-state index contributed by atoms with van der Waals surface area (Å²) >= 11 is 0. The molecule has 0 bridgehead atoms. The molecule has 0 unspecified atom stereocenters. The van der Waals surface area contributed by atoms with Gasteiger partial charge in [-0.25, -0.2) is 9.13 Å². The summed E-state index contributed by atoms with van der Waals surface area (Å²) in [6, 6.07) is 3.58. The molecule has 0 spiro atoms. The topological polar surface area (TPSA) is 8.81 Å². The fourth-order valence-electron chi connectivity index (χ4n) is 2.16. The lowest BCUT2D eigenvalue weighted by Gasteiger charge is -2.01. The standard InChI is InChI=1S/C12H14F3N2.ClH/c1-7-5-9-10(6-8(7)2)17(4)11(16(9)3)12(13,14)15;/h5-6H,1-4H3;1H/q+1;/p-1. The number of hydrogen-bond donors (Lipinski definition) is 0. The molecule has 0 aliphatic carbocycles. The van der Waals surface area contributed by atoms with Crippen molar-refractivity contribution in [2.45, 2.75) is 20.0 Å². The number of rotatable bonds is 0. The number of hydrogen-bond acceptors (Lipinski definition) is 0. The third-order valence-electron chi connectivity index (χ3n) is 3.20. The third-order valence-corrected chi connectivity index (χ3v) is 3.20. The molecule has 2 rings (SSSR count). The number of aromatic nitrogens is 2. The van der Waals surface area contributed by atoms with Crippen LogP contribution in [0.2, 0.25) is 0 Å². The van der Waals surface area contributed by atoms with E-state index in [0.29, 0.717) is 11.0 Å². The highest BCUT2D eigenvalue weighted by molar-refractivity contribution is 5.74. The summed E-state index contributed by atoms with van der Waals surface area (Å²) in [5.41, 5.74) is 3.19. The Morgan fingerprint density at radius 1 is 1.11 bits per heavy atom. The Morgan fingerprint density at radius 3 is 2.11 bits per heavy atom. The molecule has 0 atom stereocenters. The first-order chi connectivity index (χ1) is 7.73. The van der Waals surface area contributed by atoms with E-state index >= 15 is 0 Å². The van der Waals surface area contributed by atoms with Gasteiger partial charge in [-0.15, -0.1) is 0 Å². The summed E-state index contributed by atoms with van der Waals surface area (Å²) < 4.78 is 41.1. The molecule has 1 heterocycles. The van der Waals surface area contributed by atoms with Gasteiger partial charge >= 0.3 is 12.0 Å². The minimum atomic E-state index is -4.34. The molecular weight excluding hydrogens is 265 g/mol. The summed E-state index contributed by atoms with van der Waals surface area (Å²) in [6.45, 7) is 3.80. The molecule has 0 amide bonds. The van der Waals surface area contributed by atoms with Crippen LogP contribution in [0.25, 0.3) is 11.0 Å². The van der Waals surface area contributed by atoms with Gasteiger partial charge in [0.15, 0.2) is 11.0 Å². The van der Waals surface area contributed by atoms with E-state index in [0.717, 1.165) is 11.1 Å². The molecule has 100 valence electrons. The minimum absolute atomic E-state index is 0. The highest BCUT2D eigenvalue weighted by Gasteiger charge is 2.45. The first-order valence-electron chi connectivity index (χ1n) is 5.26. The van der Waals surface area contributed by atoms with Crippen LogP contribution in [0.1, 0.15) is 17.0 Å². The Bertz CT molecular complexity index is 555. The quantitative estimate of drug-likeness (QED) is 0.582. The number of aryl methyl sites for hydroxylation is 4. The van der Waals surface area contributed by atoms with Gasteiger partial charge in [-0.3, -0.25) is 0 Å². The van der Waals surface area contributed by atoms with Gasteiger partial charge in [0.25, 0.3) is 0 Å². The number of alkyl halides is 3. The van der Waals surface area contributed by atoms with Gasteiger partial charge in [-0.2, -0.15) is 13.2 Å². The lowest BCUT2D eigenvalue weighted by atomic mass is 10.1. The molecule has 0 fully saturated rings. The van der Waals surface area contributed by atoms with Crippen molar-refractivity contribution >= 4 is 11.0 Å². The SMILES string of the molecule is Cc1cc2c(cc1C)[n+](C)c(C(F)(F)F)n2C.[Cl-]. The molecule has 18 heavy (non-hydrogen) atoms. The first-order valence-corrected chi connectivity index (χ1v) is 5.26. The zero-order valence-corrected chi connectivity index (χ0v) is 11.3. The van der Waals surface area contributed by atoms with Crippen LogP contribution in [0.4, 0.5) is 13.2 Å². The first kappa shape index (κ1) is 14.8. The van der Waals surface area contributed by atoms with Gasteiger partial charge < -0.3 is 12.4 Å². The van der Waals surface area contributed by atoms with Crippen molar-refractivity contribution in [3.05, 3.63) is 29.1 Å². The van der Waals surface area contributed by atoms with Gasteiger partial charge in [0.1, 0.15) is 0 Å². The van der Waals surface area contributed by atoms with Crippen LogP contribution in [0, 0.1) is 13.8 Å². The van der Waals surface area contributed by atoms with Crippen LogP contribution in [-0.4, -0.2) is 4.57 Å². The van der Waals surface area contributed by atoms with E-state index < -0.39 is 12.0 Å². The summed E-state index contributed by atoms with van der Waals surface area (Å²) in [4.78, 5) is 0. The van der Waals surface area contributed by atoms with E-state index in [1.165, 1.54) is 23.2 Å². The fraction of sp³-hybridized carbons (Fsp3) is 0.417. The lowest BCUT2D eigenvalue weighted by molar-refractivity contribution is -0.667. The highest BCUT2D eigenvalue weighted by Crippen LogP contribution is 2.29. The highest BCUT2D eigenvalue weighted by atomic mass is 35.5. The molecule has 6 heteroatoms. The molecule has 0 radical (unpaired) electrons. The van der Waals surface area contributed by atoms with Gasteiger partial charge in [-0.1, -0.05) is 0 Å². The third kappa shape index (κ3) is 2.07. The predicted octanol–water partition coefficient (Wildman–Crippen LogP) is -0.358. The van der Waals surface area contributed by atoms with Crippen molar-refractivity contribution in [1.82, 2.24) is 4.57 Å². The molecule has 2 nitrogen and oxygen atoms in total. The maximum atomic E-state index is 12.9. The fourth-order valence-corrected chi connectivity index (χ4v) is 2.16. The van der Waals surface area contributed by atoms with Crippen LogP contribution >= 0.6 is 0 Å². The van der Waals surface area contributed by atoms with Crippen molar-refractivity contribution in [3.63, 3.8) is 0 Å². The van der Waals surface area contributed by atoms with E-state index in [4.69, 9.17) is 0 Å². The van der Waals surface area contributed by atoms with E-state index in [9.17, 15) is 13.2 Å². The van der Waals surface area contributed by atoms with E-state index in [2.05, 4.69) is 0 Å². The Kier molecular flexibility index (Phi) is 3.68. The average Bonchev–Trinajstić information content (AvgIpc) is 2.40. The predicted molar refractivity (Wildman–Crippen MR) is 58.6 cm³/mol. The van der Waals surface area contributed by atoms with Gasteiger partial charge in [0.2, 0.25) is 0 Å². The second kappa shape index (κ2) is 4.46. The Hall–Kier alpha value is -1.23. The second-order valence-corrected chi connectivity index (χ2v) is 4.36. The molecule has 0 saturated carbocycles. The molecular formula is C12H14ClF3N2. The molecule has 0 aliphatic rings. The molecule has 2 aromatic rings. The van der Waals surface area contributed by atoms with Gasteiger partial charge in [-0.05, 0) is 37.1 Å². The zero-order chi connectivity index (χ0) is 13.0. The van der Waals surface area contributed by atoms with E-state index in [1.807, 2.05) is 13.8 Å². The number of benzene rings is 1.